The van der Waals surface area contributed by atoms with Gasteiger partial charge in [-0.3, -0.25) is 9.69 Å². The standard InChI is InChI=1S/C16H21FN2O3S/c1-18(15-5-7-23(21,22)11-15)10-16(20)19-6-4-12-8-14(17)3-2-13(12)9-19/h2-3,8,15H,4-7,9-11H2,1H3. The molecule has 3 rings (SSSR count). The van der Waals surface area contributed by atoms with Crippen LogP contribution in [0.15, 0.2) is 18.2 Å². The lowest BCUT2D eigenvalue weighted by atomic mass is 9.99. The van der Waals surface area contributed by atoms with Crippen LogP contribution in [0.1, 0.15) is 17.5 Å². The quantitative estimate of drug-likeness (QED) is 0.818. The van der Waals surface area contributed by atoms with Gasteiger partial charge in [0.05, 0.1) is 18.1 Å². The average molecular weight is 340 g/mol. The summed E-state index contributed by atoms with van der Waals surface area (Å²) in [6, 6.07) is 4.61. The summed E-state index contributed by atoms with van der Waals surface area (Å²) in [4.78, 5) is 16.1. The molecule has 1 unspecified atom stereocenters. The molecule has 7 heteroatoms. The Morgan fingerprint density at radius 1 is 1.39 bits per heavy atom. The molecule has 1 amide bonds. The molecular weight excluding hydrogens is 319 g/mol. The highest BCUT2D eigenvalue weighted by Gasteiger charge is 2.32. The van der Waals surface area contributed by atoms with E-state index >= 15 is 0 Å². The normalized spacial score (nSPS) is 23.1. The van der Waals surface area contributed by atoms with E-state index in [9.17, 15) is 17.6 Å². The molecule has 1 saturated heterocycles. The Kier molecular flexibility index (Phi) is 4.42. The molecule has 2 heterocycles. The van der Waals surface area contributed by atoms with Gasteiger partial charge in [-0.05, 0) is 43.1 Å². The maximum atomic E-state index is 13.2. The van der Waals surface area contributed by atoms with Crippen molar-refractivity contribution in [2.45, 2.75) is 25.4 Å². The fourth-order valence-corrected chi connectivity index (χ4v) is 5.11. The van der Waals surface area contributed by atoms with Crippen LogP contribution in [0, 0.1) is 5.82 Å². The van der Waals surface area contributed by atoms with Gasteiger partial charge in [0.25, 0.3) is 0 Å². The summed E-state index contributed by atoms with van der Waals surface area (Å²) in [5.74, 6) is 0.0926. The first-order valence-electron chi connectivity index (χ1n) is 7.80. The van der Waals surface area contributed by atoms with E-state index in [4.69, 9.17) is 0 Å². The van der Waals surface area contributed by atoms with Crippen molar-refractivity contribution in [2.24, 2.45) is 0 Å². The number of fused-ring (bicyclic) bond motifs is 1. The maximum absolute atomic E-state index is 13.2. The highest BCUT2D eigenvalue weighted by Crippen LogP contribution is 2.21. The maximum Gasteiger partial charge on any atom is 0.237 e. The summed E-state index contributed by atoms with van der Waals surface area (Å²) in [6.07, 6.45) is 1.24. The minimum atomic E-state index is -2.95. The van der Waals surface area contributed by atoms with Gasteiger partial charge in [-0.15, -0.1) is 0 Å². The predicted octanol–water partition coefficient (Wildman–Crippen LogP) is 0.829. The SMILES string of the molecule is CN(CC(=O)N1CCc2cc(F)ccc2C1)C1CCS(=O)(=O)C1. The Morgan fingerprint density at radius 3 is 2.87 bits per heavy atom. The number of rotatable bonds is 3. The van der Waals surface area contributed by atoms with Crippen molar-refractivity contribution in [1.29, 1.82) is 0 Å². The van der Waals surface area contributed by atoms with Gasteiger partial charge in [0.2, 0.25) is 5.91 Å². The first kappa shape index (κ1) is 16.4. The van der Waals surface area contributed by atoms with Crippen LogP contribution in [0.3, 0.4) is 0 Å². The second-order valence-electron chi connectivity index (χ2n) is 6.45. The molecule has 1 aromatic carbocycles. The Hall–Kier alpha value is -1.47. The van der Waals surface area contributed by atoms with E-state index in [0.29, 0.717) is 25.9 Å². The number of nitrogens with zero attached hydrogens (tertiary/aromatic N) is 2. The number of hydrogen-bond acceptors (Lipinski definition) is 4. The minimum absolute atomic E-state index is 0.00762. The molecule has 1 fully saturated rings. The van der Waals surface area contributed by atoms with Gasteiger partial charge in [-0.2, -0.15) is 0 Å². The molecule has 23 heavy (non-hydrogen) atoms. The molecule has 0 aliphatic carbocycles. The van der Waals surface area contributed by atoms with Crippen molar-refractivity contribution in [3.63, 3.8) is 0 Å². The fourth-order valence-electron chi connectivity index (χ4n) is 3.30. The number of likely N-dealkylation sites (N-methyl/N-ethyl adjacent to an activating group) is 1. The van der Waals surface area contributed by atoms with E-state index in [1.54, 1.807) is 18.0 Å². The second kappa shape index (κ2) is 6.20. The van der Waals surface area contributed by atoms with Gasteiger partial charge in [0.15, 0.2) is 9.84 Å². The van der Waals surface area contributed by atoms with E-state index in [-0.39, 0.29) is 35.8 Å². The van der Waals surface area contributed by atoms with E-state index < -0.39 is 9.84 Å². The number of carbonyl (C=O) groups is 1. The summed E-state index contributed by atoms with van der Waals surface area (Å²) >= 11 is 0. The van der Waals surface area contributed by atoms with Gasteiger partial charge < -0.3 is 4.90 Å². The molecule has 126 valence electrons. The summed E-state index contributed by atoms with van der Waals surface area (Å²) in [5.41, 5.74) is 1.95. The van der Waals surface area contributed by atoms with Crippen molar-refractivity contribution in [3.8, 4) is 0 Å². The Balaban J connectivity index is 1.60. The lowest BCUT2D eigenvalue weighted by Crippen LogP contribution is -2.44. The predicted molar refractivity (Wildman–Crippen MR) is 85.2 cm³/mol. The molecule has 0 aromatic heterocycles. The number of amides is 1. The van der Waals surface area contributed by atoms with Gasteiger partial charge in [0.1, 0.15) is 5.82 Å². The Bertz CT molecular complexity index is 720. The van der Waals surface area contributed by atoms with E-state index in [0.717, 1.165) is 11.1 Å². The van der Waals surface area contributed by atoms with Crippen LogP contribution in [0.5, 0.6) is 0 Å². The summed E-state index contributed by atoms with van der Waals surface area (Å²) in [6.45, 7) is 1.29. The first-order chi connectivity index (χ1) is 10.8. The number of hydrogen-bond donors (Lipinski definition) is 0. The summed E-state index contributed by atoms with van der Waals surface area (Å²) in [7, 11) is -1.15. The van der Waals surface area contributed by atoms with Crippen molar-refractivity contribution in [2.75, 3.05) is 31.6 Å². The highest BCUT2D eigenvalue weighted by molar-refractivity contribution is 7.91. The van der Waals surface area contributed by atoms with Crippen molar-refractivity contribution in [1.82, 2.24) is 9.80 Å². The highest BCUT2D eigenvalue weighted by atomic mass is 32.2. The average Bonchev–Trinajstić information content (AvgIpc) is 2.87. The largest absolute Gasteiger partial charge is 0.337 e. The van der Waals surface area contributed by atoms with Gasteiger partial charge >= 0.3 is 0 Å². The third-order valence-corrected chi connectivity index (χ3v) is 6.50. The fraction of sp³-hybridized carbons (Fsp3) is 0.562. The molecule has 0 saturated carbocycles. The summed E-state index contributed by atoms with van der Waals surface area (Å²) in [5, 5.41) is 0. The molecule has 1 aromatic rings. The smallest absolute Gasteiger partial charge is 0.237 e. The van der Waals surface area contributed by atoms with Crippen LogP contribution in [-0.2, 0) is 27.6 Å². The van der Waals surface area contributed by atoms with Gasteiger partial charge in [-0.1, -0.05) is 6.07 Å². The van der Waals surface area contributed by atoms with Crippen molar-refractivity contribution >= 4 is 15.7 Å². The number of sulfone groups is 1. The van der Waals surface area contributed by atoms with Crippen LogP contribution < -0.4 is 0 Å². The topological polar surface area (TPSA) is 57.7 Å². The van der Waals surface area contributed by atoms with Crippen molar-refractivity contribution in [3.05, 3.63) is 35.1 Å². The molecule has 0 N–H and O–H groups in total. The molecule has 5 nitrogen and oxygen atoms in total. The minimum Gasteiger partial charge on any atom is -0.337 e. The Labute approximate surface area is 136 Å². The van der Waals surface area contributed by atoms with Gasteiger partial charge in [-0.25, -0.2) is 12.8 Å². The molecule has 2 aliphatic heterocycles. The van der Waals surface area contributed by atoms with Crippen LogP contribution >= 0.6 is 0 Å². The zero-order valence-electron chi connectivity index (χ0n) is 13.2. The number of carbonyl (C=O) groups excluding carboxylic acids is 1. The second-order valence-corrected chi connectivity index (χ2v) is 8.68. The van der Waals surface area contributed by atoms with Crippen LogP contribution in [0.2, 0.25) is 0 Å². The third-order valence-electron chi connectivity index (χ3n) is 4.75. The van der Waals surface area contributed by atoms with Crippen molar-refractivity contribution < 1.29 is 17.6 Å². The molecule has 0 bridgehead atoms. The molecular formula is C16H21FN2O3S. The third kappa shape index (κ3) is 3.72. The monoisotopic (exact) mass is 340 g/mol. The van der Waals surface area contributed by atoms with Gasteiger partial charge in [0, 0.05) is 19.1 Å². The molecule has 0 radical (unpaired) electrons. The lowest BCUT2D eigenvalue weighted by molar-refractivity contribution is -0.133. The summed E-state index contributed by atoms with van der Waals surface area (Å²) < 4.78 is 36.3. The molecule has 1 atom stereocenters. The molecule has 0 spiro atoms. The van der Waals surface area contributed by atoms with Crippen LogP contribution in [0.4, 0.5) is 4.39 Å². The zero-order valence-corrected chi connectivity index (χ0v) is 14.0. The Morgan fingerprint density at radius 2 is 2.17 bits per heavy atom. The number of benzene rings is 1. The lowest BCUT2D eigenvalue weighted by Gasteiger charge is -2.31. The van der Waals surface area contributed by atoms with Crippen LogP contribution in [0.25, 0.3) is 0 Å². The first-order valence-corrected chi connectivity index (χ1v) is 9.62. The van der Waals surface area contributed by atoms with E-state index in [2.05, 4.69) is 0 Å². The van der Waals surface area contributed by atoms with E-state index in [1.807, 2.05) is 4.90 Å². The zero-order chi connectivity index (χ0) is 16.6. The molecule has 2 aliphatic rings. The van der Waals surface area contributed by atoms with Crippen LogP contribution in [-0.4, -0.2) is 61.8 Å². The number of halogens is 1. The van der Waals surface area contributed by atoms with E-state index in [1.165, 1.54) is 12.1 Å².